The zero-order valence-corrected chi connectivity index (χ0v) is 8.98. The van der Waals surface area contributed by atoms with E-state index < -0.39 is 0 Å². The first-order valence-corrected chi connectivity index (χ1v) is 4.92. The molecule has 2 rings (SSSR count). The zero-order valence-electron chi connectivity index (χ0n) is 8.22. The van der Waals surface area contributed by atoms with Gasteiger partial charge in [0.25, 0.3) is 0 Å². The topological polar surface area (TPSA) is 68.4 Å². The molecule has 5 heteroatoms. The second kappa shape index (κ2) is 4.28. The fraction of sp³-hybridized carbons (Fsp3) is 0. The maximum Gasteiger partial charge on any atom is 0.238 e. The molecule has 0 atom stereocenters. The Bertz CT molecular complexity index is 517. The summed E-state index contributed by atoms with van der Waals surface area (Å²) < 4.78 is 5.39. The van der Waals surface area contributed by atoms with Crippen LogP contribution in [0.2, 0.25) is 5.02 Å². The molecular weight excluding hydrogens is 228 g/mol. The van der Waals surface area contributed by atoms with E-state index in [0.29, 0.717) is 10.8 Å². The van der Waals surface area contributed by atoms with E-state index in [1.807, 2.05) is 0 Å². The number of pyridine rings is 1. The normalized spacial score (nSPS) is 10.1. The minimum absolute atomic E-state index is 0.0375. The van der Waals surface area contributed by atoms with Gasteiger partial charge in [-0.15, -0.1) is 0 Å². The van der Waals surface area contributed by atoms with Gasteiger partial charge >= 0.3 is 0 Å². The van der Waals surface area contributed by atoms with Gasteiger partial charge in [-0.05, 0) is 24.3 Å². The maximum atomic E-state index is 9.39. The van der Waals surface area contributed by atoms with Crippen LogP contribution < -0.4 is 10.5 Å². The molecule has 0 radical (unpaired) electrons. The number of rotatable bonds is 2. The Labute approximate surface area is 97.3 Å². The second-order valence-electron chi connectivity index (χ2n) is 3.08. The van der Waals surface area contributed by atoms with Crippen LogP contribution in [0.4, 0.5) is 5.69 Å². The van der Waals surface area contributed by atoms with Crippen molar-refractivity contribution < 1.29 is 9.84 Å². The van der Waals surface area contributed by atoms with Gasteiger partial charge in [0.2, 0.25) is 5.88 Å². The average Bonchev–Trinajstić information content (AvgIpc) is 2.28. The summed E-state index contributed by atoms with van der Waals surface area (Å²) in [5.74, 6) is 0.534. The van der Waals surface area contributed by atoms with Gasteiger partial charge in [0.05, 0.1) is 0 Å². The number of hydrogen-bond acceptors (Lipinski definition) is 4. The molecule has 0 aliphatic rings. The molecule has 0 saturated heterocycles. The van der Waals surface area contributed by atoms with Crippen LogP contribution in [0.25, 0.3) is 0 Å². The lowest BCUT2D eigenvalue weighted by Gasteiger charge is -2.09. The lowest BCUT2D eigenvalue weighted by atomic mass is 10.3. The quantitative estimate of drug-likeness (QED) is 0.622. The number of phenolic OH excluding ortho intramolecular Hbond substituents is 1. The summed E-state index contributed by atoms with van der Waals surface area (Å²) in [6.07, 6.45) is 1.56. The van der Waals surface area contributed by atoms with E-state index in [2.05, 4.69) is 4.98 Å². The predicted molar refractivity (Wildman–Crippen MR) is 61.8 cm³/mol. The van der Waals surface area contributed by atoms with Crippen LogP contribution in [0.5, 0.6) is 17.4 Å². The highest BCUT2D eigenvalue weighted by atomic mass is 35.5. The van der Waals surface area contributed by atoms with Crippen molar-refractivity contribution in [3.05, 3.63) is 41.6 Å². The number of nitrogens with zero attached hydrogens (tertiary/aromatic N) is 1. The van der Waals surface area contributed by atoms with Gasteiger partial charge in [-0.25, -0.2) is 4.98 Å². The minimum atomic E-state index is -0.0375. The van der Waals surface area contributed by atoms with Crippen molar-refractivity contribution in [1.82, 2.24) is 4.98 Å². The van der Waals surface area contributed by atoms with Crippen molar-refractivity contribution in [1.29, 1.82) is 0 Å². The van der Waals surface area contributed by atoms with Gasteiger partial charge in [-0.3, -0.25) is 0 Å². The molecule has 3 N–H and O–H groups in total. The summed E-state index contributed by atoms with van der Waals surface area (Å²) >= 11 is 5.88. The van der Waals surface area contributed by atoms with E-state index >= 15 is 0 Å². The molecule has 0 bridgehead atoms. The number of benzene rings is 1. The fourth-order valence-corrected chi connectivity index (χ4v) is 1.33. The molecule has 0 fully saturated rings. The van der Waals surface area contributed by atoms with E-state index in [1.54, 1.807) is 30.5 Å². The third kappa shape index (κ3) is 2.01. The van der Waals surface area contributed by atoms with E-state index in [1.165, 1.54) is 6.07 Å². The van der Waals surface area contributed by atoms with Gasteiger partial charge < -0.3 is 15.6 Å². The summed E-state index contributed by atoms with van der Waals surface area (Å²) in [6, 6.07) is 8.07. The third-order valence-corrected chi connectivity index (χ3v) is 2.26. The van der Waals surface area contributed by atoms with E-state index in [4.69, 9.17) is 22.1 Å². The molecule has 2 aromatic rings. The van der Waals surface area contributed by atoms with Crippen molar-refractivity contribution in [2.24, 2.45) is 0 Å². The van der Waals surface area contributed by atoms with E-state index in [-0.39, 0.29) is 17.3 Å². The molecule has 16 heavy (non-hydrogen) atoms. The summed E-state index contributed by atoms with van der Waals surface area (Å²) in [5.41, 5.74) is 5.79. The molecule has 1 aromatic carbocycles. The third-order valence-electron chi connectivity index (χ3n) is 1.97. The van der Waals surface area contributed by atoms with Crippen LogP contribution in [0, 0.1) is 0 Å². The van der Waals surface area contributed by atoms with Gasteiger partial charge in [0.1, 0.15) is 16.5 Å². The molecule has 1 heterocycles. The summed E-state index contributed by atoms with van der Waals surface area (Å²) in [5, 5.41) is 9.77. The van der Waals surface area contributed by atoms with Crippen LogP contribution in [0.1, 0.15) is 0 Å². The molecule has 0 spiro atoms. The number of halogens is 1. The number of anilines is 1. The van der Waals surface area contributed by atoms with E-state index in [9.17, 15) is 5.11 Å². The molecular formula is C11H9ClN2O2. The number of nitrogens with two attached hydrogens (primary N) is 1. The SMILES string of the molecule is Nc1c(O)cccc1Oc1ncccc1Cl. The number of aromatic hydroxyl groups is 1. The Balaban J connectivity index is 2.35. The van der Waals surface area contributed by atoms with Crippen molar-refractivity contribution in [3.8, 4) is 17.4 Å². The fourth-order valence-electron chi connectivity index (χ4n) is 1.17. The first-order valence-electron chi connectivity index (χ1n) is 4.54. The number of hydrogen-bond donors (Lipinski definition) is 2. The first kappa shape index (κ1) is 10.6. The lowest BCUT2D eigenvalue weighted by Crippen LogP contribution is -1.94. The number of nitrogen functional groups attached to an aromatic ring is 1. The minimum Gasteiger partial charge on any atom is -0.506 e. The first-order chi connectivity index (χ1) is 7.68. The van der Waals surface area contributed by atoms with Crippen molar-refractivity contribution in [2.75, 3.05) is 5.73 Å². The zero-order chi connectivity index (χ0) is 11.5. The van der Waals surface area contributed by atoms with Gasteiger partial charge in [-0.2, -0.15) is 0 Å². The molecule has 0 amide bonds. The largest absolute Gasteiger partial charge is 0.506 e. The van der Waals surface area contributed by atoms with Crippen molar-refractivity contribution in [3.63, 3.8) is 0 Å². The standard InChI is InChI=1S/C11H9ClN2O2/c12-7-3-2-6-14-11(7)16-9-5-1-4-8(15)10(9)13/h1-6,15H,13H2. The second-order valence-corrected chi connectivity index (χ2v) is 3.49. The Kier molecular flexibility index (Phi) is 2.83. The Morgan fingerprint density at radius 3 is 2.81 bits per heavy atom. The maximum absolute atomic E-state index is 9.39. The van der Waals surface area contributed by atoms with Crippen molar-refractivity contribution in [2.45, 2.75) is 0 Å². The monoisotopic (exact) mass is 236 g/mol. The molecule has 0 aliphatic heterocycles. The Hall–Kier alpha value is -1.94. The van der Waals surface area contributed by atoms with Crippen LogP contribution in [0.3, 0.4) is 0 Å². The van der Waals surface area contributed by atoms with Gasteiger partial charge in [-0.1, -0.05) is 17.7 Å². The molecule has 0 aliphatic carbocycles. The van der Waals surface area contributed by atoms with Crippen LogP contribution >= 0.6 is 11.6 Å². The summed E-state index contributed by atoms with van der Waals surface area (Å²) in [4.78, 5) is 3.95. The molecule has 4 nitrogen and oxygen atoms in total. The predicted octanol–water partition coefficient (Wildman–Crippen LogP) is 2.82. The van der Waals surface area contributed by atoms with Crippen molar-refractivity contribution >= 4 is 17.3 Å². The highest BCUT2D eigenvalue weighted by Gasteiger charge is 2.08. The molecule has 1 aromatic heterocycles. The highest BCUT2D eigenvalue weighted by molar-refractivity contribution is 6.31. The van der Waals surface area contributed by atoms with Crippen LogP contribution in [0.15, 0.2) is 36.5 Å². The number of ether oxygens (including phenoxy) is 1. The summed E-state index contributed by atoms with van der Waals surface area (Å²) in [7, 11) is 0. The number of aromatic nitrogens is 1. The van der Waals surface area contributed by atoms with Crippen LogP contribution in [-0.4, -0.2) is 10.1 Å². The smallest absolute Gasteiger partial charge is 0.238 e. The van der Waals surface area contributed by atoms with Gasteiger partial charge in [0.15, 0.2) is 5.75 Å². The Morgan fingerprint density at radius 1 is 1.25 bits per heavy atom. The van der Waals surface area contributed by atoms with Crippen LogP contribution in [-0.2, 0) is 0 Å². The number of phenols is 1. The highest BCUT2D eigenvalue weighted by Crippen LogP contribution is 2.34. The summed E-state index contributed by atoms with van der Waals surface area (Å²) in [6.45, 7) is 0. The molecule has 0 unspecified atom stereocenters. The molecule has 0 saturated carbocycles. The average molecular weight is 237 g/mol. The lowest BCUT2D eigenvalue weighted by molar-refractivity contribution is 0.450. The Morgan fingerprint density at radius 2 is 2.06 bits per heavy atom. The number of para-hydroxylation sites is 1. The van der Waals surface area contributed by atoms with Gasteiger partial charge in [0, 0.05) is 6.20 Å². The van der Waals surface area contributed by atoms with E-state index in [0.717, 1.165) is 0 Å². The molecule has 82 valence electrons.